The van der Waals surface area contributed by atoms with Gasteiger partial charge in [-0.15, -0.1) is 0 Å². The van der Waals surface area contributed by atoms with Gasteiger partial charge in [0.05, 0.1) is 44.2 Å². The number of fused-ring (bicyclic) bond motifs is 1. The normalized spacial score (nSPS) is 18.5. The zero-order valence-electron chi connectivity index (χ0n) is 26.8. The molecule has 1 aliphatic carbocycles. The van der Waals surface area contributed by atoms with Crippen LogP contribution in [0.2, 0.25) is 0 Å². The van der Waals surface area contributed by atoms with E-state index in [0.717, 1.165) is 19.9 Å². The molecular weight excluding hydrogens is 499 g/mol. The first kappa shape index (κ1) is 21.8. The third kappa shape index (κ3) is 5.37. The Balaban J connectivity index is 1.79. The quantitative estimate of drug-likeness (QED) is 0.313. The van der Waals surface area contributed by atoms with E-state index in [1.807, 2.05) is 0 Å². The molecule has 0 spiro atoms. The largest absolute Gasteiger partial charge is 0.493 e. The molecular formula is C28H34F3N3O4. The molecule has 2 aromatic carbocycles. The predicted octanol–water partition coefficient (Wildman–Crippen LogP) is 5.93. The highest BCUT2D eigenvalue weighted by atomic mass is 19.3. The minimum Gasteiger partial charge on any atom is -0.493 e. The number of halogens is 3. The van der Waals surface area contributed by atoms with Gasteiger partial charge in [-0.2, -0.15) is 8.78 Å². The van der Waals surface area contributed by atoms with Gasteiger partial charge in [-0.25, -0.2) is 14.4 Å². The van der Waals surface area contributed by atoms with Gasteiger partial charge in [0, 0.05) is 29.5 Å². The summed E-state index contributed by atoms with van der Waals surface area (Å²) in [5, 5.41) is 13.2. The fraction of sp³-hybridized carbons (Fsp3) is 0.500. The zero-order chi connectivity index (χ0) is 32.2. The molecule has 1 heterocycles. The van der Waals surface area contributed by atoms with Crippen LogP contribution in [0.25, 0.3) is 10.9 Å². The van der Waals surface area contributed by atoms with Crippen molar-refractivity contribution in [2.24, 2.45) is 5.41 Å². The fourth-order valence-electron chi connectivity index (χ4n) is 4.13. The van der Waals surface area contributed by atoms with Crippen molar-refractivity contribution >= 4 is 16.7 Å². The average molecular weight is 539 g/mol. The Labute approximate surface area is 227 Å². The van der Waals surface area contributed by atoms with E-state index in [1.165, 1.54) is 38.3 Å². The van der Waals surface area contributed by atoms with Gasteiger partial charge in [0.1, 0.15) is 23.1 Å². The molecule has 7 nitrogen and oxygen atoms in total. The summed E-state index contributed by atoms with van der Waals surface area (Å²) in [5.41, 5.74) is -4.36. The Kier molecular flexibility index (Phi) is 5.86. The highest BCUT2D eigenvalue weighted by Crippen LogP contribution is 2.47. The summed E-state index contributed by atoms with van der Waals surface area (Å²) in [7, 11) is -1.45. The number of hydrogen-bond donors (Lipinski definition) is 2. The van der Waals surface area contributed by atoms with Gasteiger partial charge in [0.2, 0.25) is 0 Å². The first-order valence-corrected chi connectivity index (χ1v) is 12.1. The van der Waals surface area contributed by atoms with Crippen LogP contribution >= 0.6 is 0 Å². The van der Waals surface area contributed by atoms with Crippen LogP contribution in [0.5, 0.6) is 11.5 Å². The van der Waals surface area contributed by atoms with Crippen molar-refractivity contribution in [1.29, 1.82) is 0 Å². The number of nitrogens with one attached hydrogen (secondary N) is 1. The third-order valence-corrected chi connectivity index (χ3v) is 6.59. The summed E-state index contributed by atoms with van der Waals surface area (Å²) in [4.78, 5) is 8.73. The number of hydrogen-bond acceptors (Lipinski definition) is 7. The summed E-state index contributed by atoms with van der Waals surface area (Å²) in [5.74, 6) is -5.25. The highest BCUT2D eigenvalue weighted by Gasteiger charge is 2.49. The Morgan fingerprint density at radius 1 is 1.24 bits per heavy atom. The van der Waals surface area contributed by atoms with Crippen LogP contribution in [0.15, 0.2) is 30.3 Å². The molecule has 0 unspecified atom stereocenters. The second-order valence-electron chi connectivity index (χ2n) is 10.2. The number of anilines is 1. The SMILES string of the molecule is [2H]C([2H])([2H])Oc1cc2nc(C)nc(N[C@H](C)c3cccc(C(F)(F)C(C)(C)O)c3F)c2cc1OC([2H])([2H])C1(COC)CC1. The van der Waals surface area contributed by atoms with Gasteiger partial charge in [-0.05, 0) is 52.7 Å². The zero-order valence-corrected chi connectivity index (χ0v) is 21.8. The molecule has 1 saturated carbocycles. The van der Waals surface area contributed by atoms with E-state index in [0.29, 0.717) is 12.8 Å². The van der Waals surface area contributed by atoms with E-state index in [1.54, 1.807) is 6.92 Å². The number of alkyl halides is 2. The van der Waals surface area contributed by atoms with E-state index in [9.17, 15) is 13.9 Å². The van der Waals surface area contributed by atoms with Crippen molar-refractivity contribution in [3.8, 4) is 11.5 Å². The first-order chi connectivity index (χ1) is 19.7. The molecule has 1 atom stereocenters. The number of rotatable bonds is 11. The van der Waals surface area contributed by atoms with Crippen molar-refractivity contribution in [1.82, 2.24) is 9.97 Å². The van der Waals surface area contributed by atoms with Crippen LogP contribution in [0.1, 0.15) is 63.5 Å². The van der Waals surface area contributed by atoms with Gasteiger partial charge in [-0.3, -0.25) is 0 Å². The number of methoxy groups -OCH3 is 2. The van der Waals surface area contributed by atoms with Crippen molar-refractivity contribution < 1.29 is 39.3 Å². The number of ether oxygens (including phenoxy) is 3. The summed E-state index contributed by atoms with van der Waals surface area (Å²) < 4.78 is 101. The summed E-state index contributed by atoms with van der Waals surface area (Å²) in [6.07, 6.45) is 0.974. The molecule has 0 aliphatic heterocycles. The lowest BCUT2D eigenvalue weighted by Gasteiger charge is -2.30. The fourth-order valence-corrected chi connectivity index (χ4v) is 4.13. The average Bonchev–Trinajstić information content (AvgIpc) is 3.64. The molecule has 4 rings (SSSR count). The van der Waals surface area contributed by atoms with Crippen LogP contribution in [-0.4, -0.2) is 48.0 Å². The molecule has 0 saturated heterocycles. The van der Waals surface area contributed by atoms with Crippen LogP contribution in [0, 0.1) is 18.2 Å². The van der Waals surface area contributed by atoms with E-state index >= 15 is 4.39 Å². The highest BCUT2D eigenvalue weighted by molar-refractivity contribution is 5.92. The Morgan fingerprint density at radius 3 is 2.61 bits per heavy atom. The number of aromatic nitrogens is 2. The first-order valence-electron chi connectivity index (χ1n) is 14.6. The van der Waals surface area contributed by atoms with Crippen LogP contribution in [-0.2, 0) is 10.7 Å². The number of aryl methyl sites for hydroxylation is 1. The Morgan fingerprint density at radius 2 is 1.97 bits per heavy atom. The van der Waals surface area contributed by atoms with Gasteiger partial charge >= 0.3 is 5.92 Å². The molecule has 2 N–H and O–H groups in total. The molecule has 1 aliphatic rings. The van der Waals surface area contributed by atoms with Crippen molar-refractivity contribution in [2.75, 3.05) is 32.6 Å². The van der Waals surface area contributed by atoms with E-state index < -0.39 is 48.0 Å². The summed E-state index contributed by atoms with van der Waals surface area (Å²) >= 11 is 0. The maximum atomic E-state index is 15.5. The standard InChI is InChI=1S/C28H34F3N3O4/c1-16(18-8-7-9-20(24(18)29)28(30,31)26(3,4)35)32-25-19-12-23(38-15-27(10-11-27)14-36-5)22(37-6)13-21(19)33-17(2)34-25/h7-9,12-13,16,35H,10-11,14-15H2,1-6H3,(H,32,33,34)/t16-/m1/s1/i6D3,15D2. The second kappa shape index (κ2) is 10.2. The number of aliphatic hydroxyl groups is 1. The van der Waals surface area contributed by atoms with Gasteiger partial charge in [0.15, 0.2) is 11.5 Å². The molecule has 0 bridgehead atoms. The molecule has 10 heteroatoms. The Hall–Kier alpha value is -3.11. The molecule has 206 valence electrons. The van der Waals surface area contributed by atoms with Crippen molar-refractivity contribution in [3.05, 3.63) is 53.1 Å². The molecule has 1 fully saturated rings. The van der Waals surface area contributed by atoms with Crippen LogP contribution in [0.3, 0.4) is 0 Å². The Bertz CT molecular complexity index is 1510. The topological polar surface area (TPSA) is 85.7 Å². The molecule has 1 aromatic heterocycles. The molecule has 38 heavy (non-hydrogen) atoms. The summed E-state index contributed by atoms with van der Waals surface area (Å²) in [6, 6.07) is 5.16. The van der Waals surface area contributed by atoms with Gasteiger partial charge in [-0.1, -0.05) is 12.1 Å². The maximum Gasteiger partial charge on any atom is 0.303 e. The van der Waals surface area contributed by atoms with Gasteiger partial charge < -0.3 is 24.6 Å². The van der Waals surface area contributed by atoms with Crippen molar-refractivity contribution in [3.63, 3.8) is 0 Å². The monoisotopic (exact) mass is 538 g/mol. The lowest BCUT2D eigenvalue weighted by atomic mass is 9.91. The molecule has 0 amide bonds. The lowest BCUT2D eigenvalue weighted by molar-refractivity contribution is -0.170. The van der Waals surface area contributed by atoms with Crippen LogP contribution < -0.4 is 14.8 Å². The number of nitrogens with zero attached hydrogens (tertiary/aromatic N) is 2. The van der Waals surface area contributed by atoms with E-state index in [4.69, 9.17) is 21.1 Å². The van der Waals surface area contributed by atoms with E-state index in [-0.39, 0.29) is 46.2 Å². The minimum absolute atomic E-state index is 0.0762. The predicted molar refractivity (Wildman–Crippen MR) is 138 cm³/mol. The number of benzene rings is 2. The third-order valence-electron chi connectivity index (χ3n) is 6.59. The lowest BCUT2D eigenvalue weighted by Crippen LogP contribution is -2.41. The molecule has 3 aromatic rings. The maximum absolute atomic E-state index is 15.5. The summed E-state index contributed by atoms with van der Waals surface area (Å²) in [6.45, 7) is 2.68. The second-order valence-corrected chi connectivity index (χ2v) is 10.2. The van der Waals surface area contributed by atoms with Crippen molar-refractivity contribution in [2.45, 2.75) is 58.1 Å². The minimum atomic E-state index is -3.89. The van der Waals surface area contributed by atoms with Gasteiger partial charge in [0.25, 0.3) is 0 Å². The van der Waals surface area contributed by atoms with Crippen LogP contribution in [0.4, 0.5) is 19.0 Å². The smallest absolute Gasteiger partial charge is 0.303 e. The molecule has 0 radical (unpaired) electrons. The van der Waals surface area contributed by atoms with E-state index in [2.05, 4.69) is 15.3 Å².